The Kier molecular flexibility index (Phi) is 3.62. The van der Waals surface area contributed by atoms with Crippen molar-refractivity contribution in [3.63, 3.8) is 0 Å². The molecule has 1 atom stereocenters. The van der Waals surface area contributed by atoms with E-state index in [4.69, 9.17) is 0 Å². The fraction of sp³-hybridized carbons (Fsp3) is 0.444. The normalized spacial score (nSPS) is 20.4. The summed E-state index contributed by atoms with van der Waals surface area (Å²) >= 11 is 3.16. The summed E-state index contributed by atoms with van der Waals surface area (Å²) in [6.45, 7) is 0.115. The van der Waals surface area contributed by atoms with E-state index in [9.17, 15) is 17.1 Å². The highest BCUT2D eigenvalue weighted by molar-refractivity contribution is 9.10. The van der Waals surface area contributed by atoms with Gasteiger partial charge in [-0.15, -0.1) is 3.89 Å². The number of anilines is 1. The van der Waals surface area contributed by atoms with Gasteiger partial charge in [-0.1, -0.05) is 0 Å². The van der Waals surface area contributed by atoms with Crippen molar-refractivity contribution in [2.24, 2.45) is 5.92 Å². The van der Waals surface area contributed by atoms with Gasteiger partial charge in [-0.3, -0.25) is 9.69 Å². The zero-order chi connectivity index (χ0) is 13.3. The van der Waals surface area contributed by atoms with Crippen molar-refractivity contribution < 1.29 is 17.1 Å². The van der Waals surface area contributed by atoms with Gasteiger partial charge in [0, 0.05) is 31.3 Å². The minimum absolute atomic E-state index is 0.0113. The van der Waals surface area contributed by atoms with Crippen molar-refractivity contribution in [2.75, 3.05) is 17.2 Å². The van der Waals surface area contributed by atoms with Gasteiger partial charge in [0.2, 0.25) is 11.9 Å². The Balaban J connectivity index is 2.12. The highest BCUT2D eigenvalue weighted by Gasteiger charge is 2.34. The molecule has 0 spiro atoms. The molecule has 1 aliphatic rings. The highest BCUT2D eigenvalue weighted by atomic mass is 79.9. The number of hydrogen-bond acceptors (Lipinski definition) is 5. The molecule has 1 fully saturated rings. The molecule has 0 bridgehead atoms. The van der Waals surface area contributed by atoms with Gasteiger partial charge in [-0.25, -0.2) is 9.97 Å². The highest BCUT2D eigenvalue weighted by Crippen LogP contribution is 2.23. The molecule has 2 heterocycles. The second-order valence-corrected chi connectivity index (χ2v) is 6.31. The van der Waals surface area contributed by atoms with E-state index in [0.717, 1.165) is 0 Å². The van der Waals surface area contributed by atoms with Crippen LogP contribution in [0.3, 0.4) is 0 Å². The molecule has 9 heteroatoms. The van der Waals surface area contributed by atoms with E-state index in [0.29, 0.717) is 4.47 Å². The second-order valence-electron chi connectivity index (χ2n) is 3.98. The van der Waals surface area contributed by atoms with Gasteiger partial charge in [-0.05, 0) is 15.9 Å². The van der Waals surface area contributed by atoms with Crippen molar-refractivity contribution in [1.29, 1.82) is 0 Å². The molecule has 2 rings (SSSR count). The Hall–Kier alpha value is -1.09. The van der Waals surface area contributed by atoms with Crippen LogP contribution in [0.5, 0.6) is 0 Å². The number of aromatic nitrogens is 2. The Morgan fingerprint density at radius 1 is 1.44 bits per heavy atom. The van der Waals surface area contributed by atoms with Crippen LogP contribution in [0.1, 0.15) is 6.42 Å². The average Bonchev–Trinajstić information content (AvgIpc) is 2.58. The summed E-state index contributed by atoms with van der Waals surface area (Å²) in [6, 6.07) is 0. The van der Waals surface area contributed by atoms with Crippen LogP contribution < -0.4 is 4.90 Å². The minimum atomic E-state index is -4.57. The maximum Gasteiger partial charge on any atom is 0.302 e. The van der Waals surface area contributed by atoms with Crippen LogP contribution in [0.15, 0.2) is 16.9 Å². The minimum Gasteiger partial charge on any atom is -0.280 e. The number of amides is 1. The maximum absolute atomic E-state index is 12.6. The van der Waals surface area contributed by atoms with Crippen LogP contribution >= 0.6 is 15.9 Å². The zero-order valence-corrected chi connectivity index (χ0v) is 11.5. The molecule has 1 aliphatic heterocycles. The quantitative estimate of drug-likeness (QED) is 0.765. The number of rotatable bonds is 3. The van der Waals surface area contributed by atoms with Crippen LogP contribution in [0.4, 0.5) is 9.83 Å². The van der Waals surface area contributed by atoms with Crippen molar-refractivity contribution in [1.82, 2.24) is 9.97 Å². The summed E-state index contributed by atoms with van der Waals surface area (Å²) in [4.78, 5) is 20.8. The predicted octanol–water partition coefficient (Wildman–Crippen LogP) is 0.891. The summed E-state index contributed by atoms with van der Waals surface area (Å²) in [5.74, 6) is -1.31. The summed E-state index contributed by atoms with van der Waals surface area (Å²) in [5, 5.41) is 0. The van der Waals surface area contributed by atoms with Crippen LogP contribution in [0.2, 0.25) is 0 Å². The number of halogens is 2. The van der Waals surface area contributed by atoms with Gasteiger partial charge in [0.15, 0.2) is 0 Å². The van der Waals surface area contributed by atoms with E-state index in [1.807, 2.05) is 0 Å². The first-order valence-corrected chi connectivity index (χ1v) is 7.40. The largest absolute Gasteiger partial charge is 0.302 e. The van der Waals surface area contributed by atoms with E-state index in [2.05, 4.69) is 25.9 Å². The van der Waals surface area contributed by atoms with Gasteiger partial charge in [-0.2, -0.15) is 8.42 Å². The van der Waals surface area contributed by atoms with Gasteiger partial charge < -0.3 is 0 Å². The van der Waals surface area contributed by atoms with E-state index in [1.165, 1.54) is 17.3 Å². The summed E-state index contributed by atoms with van der Waals surface area (Å²) in [7, 11) is -4.57. The van der Waals surface area contributed by atoms with Gasteiger partial charge in [0.05, 0.1) is 10.2 Å². The second kappa shape index (κ2) is 4.88. The van der Waals surface area contributed by atoms with Crippen molar-refractivity contribution in [2.45, 2.75) is 6.42 Å². The zero-order valence-electron chi connectivity index (χ0n) is 9.08. The Morgan fingerprint density at radius 2 is 2.06 bits per heavy atom. The molecule has 0 aliphatic carbocycles. The van der Waals surface area contributed by atoms with E-state index < -0.39 is 21.9 Å². The SMILES string of the molecule is O=C1CC(CS(=O)(=O)F)CN1c1ncc(Br)cn1. The molecule has 6 nitrogen and oxygen atoms in total. The molecule has 0 saturated carbocycles. The molecule has 1 saturated heterocycles. The molecule has 1 aromatic heterocycles. The van der Waals surface area contributed by atoms with Gasteiger partial charge >= 0.3 is 10.2 Å². The van der Waals surface area contributed by atoms with E-state index >= 15 is 0 Å². The topological polar surface area (TPSA) is 80.2 Å². The number of nitrogens with zero attached hydrogens (tertiary/aromatic N) is 3. The lowest BCUT2D eigenvalue weighted by Crippen LogP contribution is -2.27. The number of hydrogen-bond donors (Lipinski definition) is 0. The molecule has 0 N–H and O–H groups in total. The smallest absolute Gasteiger partial charge is 0.280 e. The van der Waals surface area contributed by atoms with Crippen LogP contribution in [0.25, 0.3) is 0 Å². The summed E-state index contributed by atoms with van der Waals surface area (Å²) in [6.07, 6.45) is 2.95. The molecule has 1 amide bonds. The molecule has 98 valence electrons. The van der Waals surface area contributed by atoms with Crippen LogP contribution in [-0.2, 0) is 15.0 Å². The standard InChI is InChI=1S/C9H9BrFN3O3S/c10-7-2-12-9(13-3-7)14-4-6(1-8(14)15)5-18(11,16)17/h2-3,6H,1,4-5H2. The molecular formula is C9H9BrFN3O3S. The molecular weight excluding hydrogens is 329 g/mol. The summed E-state index contributed by atoms with van der Waals surface area (Å²) < 4.78 is 34.3. The van der Waals surface area contributed by atoms with Crippen molar-refractivity contribution in [3.05, 3.63) is 16.9 Å². The average molecular weight is 338 g/mol. The van der Waals surface area contributed by atoms with Crippen LogP contribution in [-0.4, -0.2) is 36.6 Å². The maximum atomic E-state index is 12.6. The Labute approximate surface area is 112 Å². The van der Waals surface area contributed by atoms with Crippen molar-refractivity contribution in [3.8, 4) is 0 Å². The Morgan fingerprint density at radius 3 is 2.61 bits per heavy atom. The molecule has 1 aromatic rings. The molecule has 18 heavy (non-hydrogen) atoms. The van der Waals surface area contributed by atoms with Gasteiger partial charge in [0.1, 0.15) is 0 Å². The molecule has 0 aromatic carbocycles. The lowest BCUT2D eigenvalue weighted by atomic mass is 10.1. The predicted molar refractivity (Wildman–Crippen MR) is 65.1 cm³/mol. The lowest BCUT2D eigenvalue weighted by Gasteiger charge is -2.13. The molecule has 0 radical (unpaired) electrons. The third-order valence-electron chi connectivity index (χ3n) is 2.49. The Bertz CT molecular complexity index is 563. The summed E-state index contributed by atoms with van der Waals surface area (Å²) in [5.41, 5.74) is 0. The number of carbonyl (C=O) groups excluding carboxylic acids is 1. The molecule has 1 unspecified atom stereocenters. The third-order valence-corrected chi connectivity index (χ3v) is 3.77. The first-order chi connectivity index (χ1) is 8.35. The fourth-order valence-electron chi connectivity index (χ4n) is 1.81. The lowest BCUT2D eigenvalue weighted by molar-refractivity contribution is -0.117. The first-order valence-electron chi connectivity index (χ1n) is 5.05. The van der Waals surface area contributed by atoms with Crippen LogP contribution in [0, 0.1) is 5.92 Å². The number of carbonyl (C=O) groups is 1. The fourth-order valence-corrected chi connectivity index (χ4v) is 2.80. The first kappa shape index (κ1) is 13.3. The monoisotopic (exact) mass is 337 g/mol. The van der Waals surface area contributed by atoms with E-state index in [1.54, 1.807) is 0 Å². The third kappa shape index (κ3) is 3.22. The van der Waals surface area contributed by atoms with Gasteiger partial charge in [0.25, 0.3) is 0 Å². The van der Waals surface area contributed by atoms with E-state index in [-0.39, 0.29) is 24.8 Å². The van der Waals surface area contributed by atoms with Crippen molar-refractivity contribution >= 4 is 38.0 Å².